The third kappa shape index (κ3) is 3.31. The van der Waals surface area contributed by atoms with Gasteiger partial charge < -0.3 is 5.32 Å². The number of nitrogens with zero attached hydrogens (tertiary/aromatic N) is 1. The van der Waals surface area contributed by atoms with Crippen LogP contribution in [0.1, 0.15) is 30.9 Å². The van der Waals surface area contributed by atoms with E-state index < -0.39 is 0 Å². The molecule has 17 heavy (non-hydrogen) atoms. The quantitative estimate of drug-likeness (QED) is 0.857. The van der Waals surface area contributed by atoms with Crippen molar-refractivity contribution in [3.63, 3.8) is 0 Å². The van der Waals surface area contributed by atoms with E-state index in [0.717, 1.165) is 12.2 Å². The molecule has 0 radical (unpaired) electrons. The fourth-order valence-electron chi connectivity index (χ4n) is 1.69. The summed E-state index contributed by atoms with van der Waals surface area (Å²) < 4.78 is 0. The van der Waals surface area contributed by atoms with Crippen LogP contribution in [-0.4, -0.2) is 4.98 Å². The van der Waals surface area contributed by atoms with E-state index in [1.165, 1.54) is 11.1 Å². The number of aromatic nitrogens is 1. The molecule has 88 valence electrons. The third-order valence-electron chi connectivity index (χ3n) is 2.80. The van der Waals surface area contributed by atoms with Crippen LogP contribution in [0.25, 0.3) is 0 Å². The lowest BCUT2D eigenvalue weighted by atomic mass is 10.0. The number of hydrogen-bond donors (Lipinski definition) is 1. The molecular formula is C15H18N2. The molecule has 0 aliphatic rings. The van der Waals surface area contributed by atoms with Crippen molar-refractivity contribution >= 4 is 5.69 Å². The van der Waals surface area contributed by atoms with Crippen molar-refractivity contribution in [1.29, 1.82) is 0 Å². The molecule has 0 fully saturated rings. The Labute approximate surface area is 103 Å². The summed E-state index contributed by atoms with van der Waals surface area (Å²) in [4.78, 5) is 4.07. The van der Waals surface area contributed by atoms with Gasteiger partial charge in [-0.3, -0.25) is 4.98 Å². The van der Waals surface area contributed by atoms with Crippen molar-refractivity contribution in [2.45, 2.75) is 26.3 Å². The lowest BCUT2D eigenvalue weighted by Gasteiger charge is -2.08. The second-order valence-electron chi connectivity index (χ2n) is 4.49. The monoisotopic (exact) mass is 226 g/mol. The van der Waals surface area contributed by atoms with Gasteiger partial charge in [-0.1, -0.05) is 38.1 Å². The summed E-state index contributed by atoms with van der Waals surface area (Å²) >= 11 is 0. The van der Waals surface area contributed by atoms with Gasteiger partial charge in [0.25, 0.3) is 0 Å². The second kappa shape index (κ2) is 5.48. The lowest BCUT2D eigenvalue weighted by molar-refractivity contribution is 0.865. The van der Waals surface area contributed by atoms with Gasteiger partial charge in [-0.15, -0.1) is 0 Å². The van der Waals surface area contributed by atoms with E-state index >= 15 is 0 Å². The van der Waals surface area contributed by atoms with Gasteiger partial charge in [-0.25, -0.2) is 0 Å². The van der Waals surface area contributed by atoms with Crippen LogP contribution in [0.4, 0.5) is 5.69 Å². The highest BCUT2D eigenvalue weighted by molar-refractivity contribution is 5.40. The molecule has 0 atom stereocenters. The first-order chi connectivity index (χ1) is 8.25. The van der Waals surface area contributed by atoms with Crippen LogP contribution in [0.3, 0.4) is 0 Å². The molecule has 0 spiro atoms. The molecule has 1 aromatic carbocycles. The van der Waals surface area contributed by atoms with Crippen LogP contribution in [-0.2, 0) is 6.54 Å². The number of nitrogens with one attached hydrogen (secondary N) is 1. The zero-order chi connectivity index (χ0) is 12.1. The third-order valence-corrected chi connectivity index (χ3v) is 2.80. The number of pyridine rings is 1. The van der Waals surface area contributed by atoms with Crippen LogP contribution in [0.5, 0.6) is 0 Å². The van der Waals surface area contributed by atoms with Gasteiger partial charge in [0.2, 0.25) is 0 Å². The van der Waals surface area contributed by atoms with Crippen LogP contribution < -0.4 is 5.32 Å². The number of hydrogen-bond acceptors (Lipinski definition) is 2. The van der Waals surface area contributed by atoms with Gasteiger partial charge in [0.1, 0.15) is 0 Å². The van der Waals surface area contributed by atoms with Gasteiger partial charge in [-0.05, 0) is 29.2 Å². The van der Waals surface area contributed by atoms with E-state index in [9.17, 15) is 0 Å². The smallest absolute Gasteiger partial charge is 0.0529 e. The molecule has 0 saturated carbocycles. The molecule has 1 N–H and O–H groups in total. The van der Waals surface area contributed by atoms with Gasteiger partial charge in [-0.2, -0.15) is 0 Å². The molecule has 0 aliphatic heterocycles. The van der Waals surface area contributed by atoms with Crippen LogP contribution >= 0.6 is 0 Å². The van der Waals surface area contributed by atoms with Crippen molar-refractivity contribution in [2.75, 3.05) is 5.32 Å². The molecule has 1 heterocycles. The van der Waals surface area contributed by atoms with Crippen molar-refractivity contribution < 1.29 is 0 Å². The maximum absolute atomic E-state index is 4.07. The van der Waals surface area contributed by atoms with Crippen LogP contribution in [0.2, 0.25) is 0 Å². The Balaban J connectivity index is 1.96. The number of anilines is 1. The van der Waals surface area contributed by atoms with Crippen LogP contribution in [0.15, 0.2) is 48.8 Å². The van der Waals surface area contributed by atoms with Crippen molar-refractivity contribution in [3.8, 4) is 0 Å². The van der Waals surface area contributed by atoms with Gasteiger partial charge in [0.15, 0.2) is 0 Å². The van der Waals surface area contributed by atoms with Gasteiger partial charge >= 0.3 is 0 Å². The first kappa shape index (κ1) is 11.6. The Hall–Kier alpha value is -1.83. The number of rotatable bonds is 4. The standard InChI is InChI=1S/C15H18N2/c1-12(2)14-7-5-13(6-8-14)10-17-15-4-3-9-16-11-15/h3-9,11-12,17H,10H2,1-2H3. The fourth-order valence-corrected chi connectivity index (χ4v) is 1.69. The molecule has 0 amide bonds. The Morgan fingerprint density at radius 1 is 1.12 bits per heavy atom. The fraction of sp³-hybridized carbons (Fsp3) is 0.267. The summed E-state index contributed by atoms with van der Waals surface area (Å²) in [6, 6.07) is 12.7. The topological polar surface area (TPSA) is 24.9 Å². The highest BCUT2D eigenvalue weighted by atomic mass is 14.9. The highest BCUT2D eigenvalue weighted by Crippen LogP contribution is 2.15. The summed E-state index contributed by atoms with van der Waals surface area (Å²) in [6.45, 7) is 5.26. The molecule has 2 heteroatoms. The minimum atomic E-state index is 0.593. The largest absolute Gasteiger partial charge is 0.380 e. The van der Waals surface area contributed by atoms with Crippen molar-refractivity contribution in [2.24, 2.45) is 0 Å². The summed E-state index contributed by atoms with van der Waals surface area (Å²) in [5.74, 6) is 0.593. The summed E-state index contributed by atoms with van der Waals surface area (Å²) in [7, 11) is 0. The minimum absolute atomic E-state index is 0.593. The predicted molar refractivity (Wildman–Crippen MR) is 72.1 cm³/mol. The zero-order valence-electron chi connectivity index (χ0n) is 10.4. The average molecular weight is 226 g/mol. The van der Waals surface area contributed by atoms with E-state index in [4.69, 9.17) is 0 Å². The van der Waals surface area contributed by atoms with Crippen LogP contribution in [0, 0.1) is 0 Å². The number of benzene rings is 1. The normalized spacial score (nSPS) is 10.5. The summed E-state index contributed by atoms with van der Waals surface area (Å²) in [6.07, 6.45) is 3.62. The van der Waals surface area contributed by atoms with E-state index in [0.29, 0.717) is 5.92 Å². The summed E-state index contributed by atoms with van der Waals surface area (Å²) in [5.41, 5.74) is 3.73. The second-order valence-corrected chi connectivity index (χ2v) is 4.49. The molecule has 2 rings (SSSR count). The minimum Gasteiger partial charge on any atom is -0.380 e. The Morgan fingerprint density at radius 2 is 1.88 bits per heavy atom. The molecular weight excluding hydrogens is 208 g/mol. The predicted octanol–water partition coefficient (Wildman–Crippen LogP) is 3.82. The van der Waals surface area contributed by atoms with Gasteiger partial charge in [0, 0.05) is 18.9 Å². The van der Waals surface area contributed by atoms with E-state index in [1.54, 1.807) is 6.20 Å². The molecule has 0 aliphatic carbocycles. The molecule has 0 unspecified atom stereocenters. The zero-order valence-corrected chi connectivity index (χ0v) is 10.4. The lowest BCUT2D eigenvalue weighted by Crippen LogP contribution is -1.99. The first-order valence-electron chi connectivity index (χ1n) is 5.98. The Bertz CT molecular complexity index is 446. The Kier molecular flexibility index (Phi) is 3.76. The average Bonchev–Trinajstić information content (AvgIpc) is 2.38. The molecule has 1 aromatic heterocycles. The maximum Gasteiger partial charge on any atom is 0.0529 e. The maximum atomic E-state index is 4.07. The molecule has 2 nitrogen and oxygen atoms in total. The van der Waals surface area contributed by atoms with Gasteiger partial charge in [0.05, 0.1) is 5.69 Å². The molecule has 0 bridgehead atoms. The van der Waals surface area contributed by atoms with E-state index in [1.807, 2.05) is 18.3 Å². The highest BCUT2D eigenvalue weighted by Gasteiger charge is 1.98. The molecule has 0 saturated heterocycles. The van der Waals surface area contributed by atoms with Crippen molar-refractivity contribution in [3.05, 3.63) is 59.9 Å². The molecule has 2 aromatic rings. The SMILES string of the molecule is CC(C)c1ccc(CNc2cccnc2)cc1. The van der Waals surface area contributed by atoms with E-state index in [-0.39, 0.29) is 0 Å². The summed E-state index contributed by atoms with van der Waals surface area (Å²) in [5, 5.41) is 3.35. The Morgan fingerprint density at radius 3 is 2.47 bits per heavy atom. The van der Waals surface area contributed by atoms with E-state index in [2.05, 4.69) is 48.4 Å². The van der Waals surface area contributed by atoms with Crippen molar-refractivity contribution in [1.82, 2.24) is 4.98 Å². The first-order valence-corrected chi connectivity index (χ1v) is 5.98.